The Hall–Kier alpha value is -2.70. The minimum absolute atomic E-state index is 0.0213. The summed E-state index contributed by atoms with van der Waals surface area (Å²) >= 11 is 0. The van der Waals surface area contributed by atoms with Gasteiger partial charge in [-0.15, -0.1) is 0 Å². The van der Waals surface area contributed by atoms with E-state index in [-0.39, 0.29) is 16.9 Å². The number of benzene rings is 1. The molecular weight excluding hydrogens is 277 g/mol. The second-order valence-electron chi connectivity index (χ2n) is 4.39. The second-order valence-corrected chi connectivity index (χ2v) is 4.39. The van der Waals surface area contributed by atoms with Gasteiger partial charge in [-0.3, -0.25) is 9.48 Å². The summed E-state index contributed by atoms with van der Waals surface area (Å²) in [6, 6.07) is 5.08. The van der Waals surface area contributed by atoms with Crippen molar-refractivity contribution in [2.24, 2.45) is 7.05 Å². The fourth-order valence-corrected chi connectivity index (χ4v) is 1.78. The Morgan fingerprint density at radius 2 is 1.90 bits per heavy atom. The van der Waals surface area contributed by atoms with Gasteiger partial charge in [-0.05, 0) is 31.2 Å². The molecule has 1 aromatic heterocycles. The van der Waals surface area contributed by atoms with Crippen LogP contribution in [0.3, 0.4) is 0 Å². The fraction of sp³-hybridized carbons (Fsp3) is 0.214. The summed E-state index contributed by atoms with van der Waals surface area (Å²) in [5.41, 5.74) is 1.17. The molecule has 0 aliphatic heterocycles. The van der Waals surface area contributed by atoms with Crippen LogP contribution in [-0.2, 0) is 11.8 Å². The van der Waals surface area contributed by atoms with E-state index in [1.54, 1.807) is 14.0 Å². The predicted octanol–water partition coefficient (Wildman–Crippen LogP) is 1.91. The molecule has 6 nitrogen and oxygen atoms in total. The van der Waals surface area contributed by atoms with Gasteiger partial charge in [-0.1, -0.05) is 0 Å². The van der Waals surface area contributed by atoms with E-state index < -0.39 is 17.7 Å². The molecule has 2 rings (SSSR count). The van der Waals surface area contributed by atoms with Gasteiger partial charge in [0.1, 0.15) is 5.82 Å². The molecule has 1 N–H and O–H groups in total. The monoisotopic (exact) mass is 291 g/mol. The van der Waals surface area contributed by atoms with Crippen LogP contribution in [-0.4, -0.2) is 28.8 Å². The number of ether oxygens (including phenoxy) is 1. The van der Waals surface area contributed by atoms with Crippen LogP contribution in [0.2, 0.25) is 0 Å². The number of aromatic nitrogens is 2. The topological polar surface area (TPSA) is 73.2 Å². The molecule has 0 spiro atoms. The van der Waals surface area contributed by atoms with Crippen molar-refractivity contribution in [3.05, 3.63) is 47.0 Å². The highest BCUT2D eigenvalue weighted by molar-refractivity contribution is 6.07. The standard InChI is InChI=1S/C14H14FN3O3/c1-8-11(12(14(20)21-3)17-18(8)2)16-13(19)9-4-6-10(15)7-5-9/h4-7H,1-3H3,(H,16,19). The minimum Gasteiger partial charge on any atom is -0.464 e. The SMILES string of the molecule is COC(=O)c1nn(C)c(C)c1NC(=O)c1ccc(F)cc1. The van der Waals surface area contributed by atoms with Crippen LogP contribution < -0.4 is 5.32 Å². The Balaban J connectivity index is 2.32. The van der Waals surface area contributed by atoms with Crippen molar-refractivity contribution >= 4 is 17.6 Å². The molecule has 0 aliphatic rings. The molecule has 21 heavy (non-hydrogen) atoms. The van der Waals surface area contributed by atoms with Gasteiger partial charge >= 0.3 is 5.97 Å². The first kappa shape index (κ1) is 14.7. The van der Waals surface area contributed by atoms with Gasteiger partial charge in [0.05, 0.1) is 18.5 Å². The van der Waals surface area contributed by atoms with Crippen molar-refractivity contribution in [2.75, 3.05) is 12.4 Å². The number of methoxy groups -OCH3 is 1. The molecule has 2 aromatic rings. The molecule has 0 radical (unpaired) electrons. The Morgan fingerprint density at radius 1 is 1.29 bits per heavy atom. The van der Waals surface area contributed by atoms with Gasteiger partial charge in [0.2, 0.25) is 0 Å². The molecule has 1 aromatic carbocycles. The average Bonchev–Trinajstić information content (AvgIpc) is 2.75. The number of rotatable bonds is 3. The van der Waals surface area contributed by atoms with E-state index in [0.29, 0.717) is 5.69 Å². The summed E-state index contributed by atoms with van der Waals surface area (Å²) in [4.78, 5) is 23.8. The van der Waals surface area contributed by atoms with Crippen LogP contribution in [0.4, 0.5) is 10.1 Å². The quantitative estimate of drug-likeness (QED) is 0.877. The van der Waals surface area contributed by atoms with E-state index in [4.69, 9.17) is 0 Å². The number of carbonyl (C=O) groups is 2. The van der Waals surface area contributed by atoms with Crippen LogP contribution in [0.1, 0.15) is 26.5 Å². The van der Waals surface area contributed by atoms with Gasteiger partial charge in [0, 0.05) is 12.6 Å². The summed E-state index contributed by atoms with van der Waals surface area (Å²) in [6.45, 7) is 1.71. The molecule has 7 heteroatoms. The average molecular weight is 291 g/mol. The molecule has 1 heterocycles. The largest absolute Gasteiger partial charge is 0.464 e. The smallest absolute Gasteiger partial charge is 0.360 e. The highest BCUT2D eigenvalue weighted by Crippen LogP contribution is 2.21. The van der Waals surface area contributed by atoms with Crippen LogP contribution in [0.5, 0.6) is 0 Å². The third-order valence-corrected chi connectivity index (χ3v) is 3.06. The highest BCUT2D eigenvalue weighted by atomic mass is 19.1. The van der Waals surface area contributed by atoms with E-state index in [1.807, 2.05) is 0 Å². The molecule has 0 saturated heterocycles. The lowest BCUT2D eigenvalue weighted by atomic mass is 10.2. The minimum atomic E-state index is -0.645. The van der Waals surface area contributed by atoms with Gasteiger partial charge in [0.25, 0.3) is 5.91 Å². The number of aryl methyl sites for hydroxylation is 1. The van der Waals surface area contributed by atoms with Gasteiger partial charge in [-0.2, -0.15) is 5.10 Å². The summed E-state index contributed by atoms with van der Waals surface area (Å²) in [7, 11) is 2.88. The third kappa shape index (κ3) is 2.91. The summed E-state index contributed by atoms with van der Waals surface area (Å²) < 4.78 is 19.0. The lowest BCUT2D eigenvalue weighted by Gasteiger charge is -2.06. The Morgan fingerprint density at radius 3 is 2.48 bits per heavy atom. The summed E-state index contributed by atoms with van der Waals surface area (Å²) in [6.07, 6.45) is 0. The summed E-state index contributed by atoms with van der Waals surface area (Å²) in [5.74, 6) is -1.54. The zero-order chi connectivity index (χ0) is 15.6. The number of hydrogen-bond acceptors (Lipinski definition) is 4. The van der Waals surface area contributed by atoms with E-state index in [1.165, 1.54) is 36.1 Å². The number of nitrogens with one attached hydrogen (secondary N) is 1. The number of amides is 1. The normalized spacial score (nSPS) is 10.3. The maximum absolute atomic E-state index is 12.9. The number of nitrogens with zero attached hydrogens (tertiary/aromatic N) is 2. The van der Waals surface area contributed by atoms with Crippen molar-refractivity contribution in [3.63, 3.8) is 0 Å². The fourth-order valence-electron chi connectivity index (χ4n) is 1.78. The van der Waals surface area contributed by atoms with E-state index in [2.05, 4.69) is 15.2 Å². The van der Waals surface area contributed by atoms with Crippen molar-refractivity contribution in [1.29, 1.82) is 0 Å². The molecule has 0 bridgehead atoms. The van der Waals surface area contributed by atoms with E-state index in [0.717, 1.165) is 0 Å². The molecule has 0 unspecified atom stereocenters. The lowest BCUT2D eigenvalue weighted by molar-refractivity contribution is 0.0594. The number of carbonyl (C=O) groups excluding carboxylic acids is 2. The maximum atomic E-state index is 12.9. The predicted molar refractivity (Wildman–Crippen MR) is 73.6 cm³/mol. The maximum Gasteiger partial charge on any atom is 0.360 e. The number of esters is 1. The Bertz CT molecular complexity index is 692. The number of anilines is 1. The van der Waals surface area contributed by atoms with E-state index in [9.17, 15) is 14.0 Å². The van der Waals surface area contributed by atoms with Gasteiger partial charge in [0.15, 0.2) is 5.69 Å². The molecule has 0 aliphatic carbocycles. The van der Waals surface area contributed by atoms with E-state index >= 15 is 0 Å². The first-order valence-electron chi connectivity index (χ1n) is 6.13. The van der Waals surface area contributed by atoms with Crippen molar-refractivity contribution < 1.29 is 18.7 Å². The number of hydrogen-bond donors (Lipinski definition) is 1. The van der Waals surface area contributed by atoms with Crippen molar-refractivity contribution in [3.8, 4) is 0 Å². The molecular formula is C14H14FN3O3. The molecule has 0 atom stereocenters. The third-order valence-electron chi connectivity index (χ3n) is 3.06. The molecule has 0 fully saturated rings. The van der Waals surface area contributed by atoms with Gasteiger partial charge < -0.3 is 10.1 Å². The van der Waals surface area contributed by atoms with Crippen molar-refractivity contribution in [1.82, 2.24) is 9.78 Å². The van der Waals surface area contributed by atoms with Gasteiger partial charge in [-0.25, -0.2) is 9.18 Å². The first-order chi connectivity index (χ1) is 9.93. The summed E-state index contributed by atoms with van der Waals surface area (Å²) in [5, 5.41) is 6.61. The molecule has 0 saturated carbocycles. The highest BCUT2D eigenvalue weighted by Gasteiger charge is 2.22. The first-order valence-corrected chi connectivity index (χ1v) is 6.13. The number of halogens is 1. The van der Waals surface area contributed by atoms with Crippen LogP contribution in [0, 0.1) is 12.7 Å². The zero-order valence-corrected chi connectivity index (χ0v) is 11.8. The molecule has 110 valence electrons. The van der Waals surface area contributed by atoms with Crippen molar-refractivity contribution in [2.45, 2.75) is 6.92 Å². The molecule has 1 amide bonds. The Kier molecular flexibility index (Phi) is 4.02. The zero-order valence-electron chi connectivity index (χ0n) is 11.8. The lowest BCUT2D eigenvalue weighted by Crippen LogP contribution is -2.15. The van der Waals surface area contributed by atoms with Crippen LogP contribution in [0.15, 0.2) is 24.3 Å². The Labute approximate surface area is 120 Å². The second kappa shape index (κ2) is 5.74. The van der Waals surface area contributed by atoms with Crippen LogP contribution >= 0.6 is 0 Å². The van der Waals surface area contributed by atoms with Crippen LogP contribution in [0.25, 0.3) is 0 Å².